The number of ketones is 1. The Bertz CT molecular complexity index is 568. The molecule has 0 saturated carbocycles. The van der Waals surface area contributed by atoms with E-state index in [9.17, 15) is 9.59 Å². The van der Waals surface area contributed by atoms with E-state index in [1.807, 2.05) is 26.1 Å². The van der Waals surface area contributed by atoms with Crippen LogP contribution in [0, 0.1) is 0 Å². The zero-order valence-electron chi connectivity index (χ0n) is 10.8. The topological polar surface area (TPSA) is 49.7 Å². The standard InChI is InChI=1S/C13H14N2O2S/c1-7-5-8(2)12-14-13(17)10(15(12)6-7)11(18-4)9(3)16/h5-6H,1-4H3/b11-10+. The van der Waals surface area contributed by atoms with Gasteiger partial charge in [0.15, 0.2) is 5.78 Å². The van der Waals surface area contributed by atoms with Gasteiger partial charge in [-0.05, 0) is 38.2 Å². The fourth-order valence-corrected chi connectivity index (χ4v) is 2.74. The second-order valence-corrected chi connectivity index (χ2v) is 5.07. The lowest BCUT2D eigenvalue weighted by Gasteiger charge is -2.23. The Balaban J connectivity index is 2.59. The first-order chi connectivity index (χ1) is 8.45. The van der Waals surface area contributed by atoms with Crippen LogP contribution < -0.4 is 0 Å². The molecule has 0 aromatic rings. The number of nitrogens with zero attached hydrogens (tertiary/aromatic N) is 2. The summed E-state index contributed by atoms with van der Waals surface area (Å²) >= 11 is 1.28. The number of amides is 1. The maximum atomic E-state index is 12.0. The first-order valence-corrected chi connectivity index (χ1v) is 6.76. The van der Waals surface area contributed by atoms with E-state index in [-0.39, 0.29) is 11.7 Å². The van der Waals surface area contributed by atoms with E-state index in [0.29, 0.717) is 16.4 Å². The molecule has 2 aliphatic heterocycles. The summed E-state index contributed by atoms with van der Waals surface area (Å²) in [7, 11) is 0. The van der Waals surface area contributed by atoms with Crippen molar-refractivity contribution in [2.45, 2.75) is 20.8 Å². The Morgan fingerprint density at radius 1 is 1.39 bits per heavy atom. The highest BCUT2D eigenvalue weighted by Gasteiger charge is 2.34. The zero-order valence-corrected chi connectivity index (χ0v) is 11.6. The van der Waals surface area contributed by atoms with Crippen molar-refractivity contribution in [3.8, 4) is 0 Å². The maximum Gasteiger partial charge on any atom is 0.297 e. The van der Waals surface area contributed by atoms with Crippen LogP contribution in [0.5, 0.6) is 0 Å². The van der Waals surface area contributed by atoms with Crippen LogP contribution in [0.15, 0.2) is 39.0 Å². The van der Waals surface area contributed by atoms with Crippen molar-refractivity contribution in [2.75, 3.05) is 6.26 Å². The lowest BCUT2D eigenvalue weighted by molar-refractivity contribution is -0.116. The predicted molar refractivity (Wildman–Crippen MR) is 73.0 cm³/mol. The number of Topliss-reactive ketones (excluding diaryl/α,β-unsaturated/α-hetero) is 1. The summed E-state index contributed by atoms with van der Waals surface area (Å²) in [6, 6.07) is 0. The minimum absolute atomic E-state index is 0.111. The van der Waals surface area contributed by atoms with Crippen molar-refractivity contribution >= 4 is 29.3 Å². The Kier molecular flexibility index (Phi) is 3.26. The maximum absolute atomic E-state index is 12.0. The number of allylic oxidation sites excluding steroid dienone is 3. The predicted octanol–water partition coefficient (Wildman–Crippen LogP) is 2.25. The summed E-state index contributed by atoms with van der Waals surface area (Å²) in [5.74, 6) is 0.164. The van der Waals surface area contributed by atoms with Crippen molar-refractivity contribution in [2.24, 2.45) is 4.99 Å². The number of hydrogen-bond acceptors (Lipinski definition) is 4. The van der Waals surface area contributed by atoms with E-state index < -0.39 is 0 Å². The number of thioether (sulfide) groups is 1. The summed E-state index contributed by atoms with van der Waals surface area (Å²) < 4.78 is 0. The molecule has 0 N–H and O–H groups in total. The first-order valence-electron chi connectivity index (χ1n) is 5.54. The lowest BCUT2D eigenvalue weighted by Crippen LogP contribution is -2.26. The van der Waals surface area contributed by atoms with Crippen LogP contribution in [-0.4, -0.2) is 28.7 Å². The molecule has 0 aromatic carbocycles. The smallest absolute Gasteiger partial charge is 0.295 e. The third kappa shape index (κ3) is 1.95. The molecule has 0 aromatic heterocycles. The van der Waals surface area contributed by atoms with E-state index in [0.717, 1.165) is 11.1 Å². The molecule has 2 heterocycles. The van der Waals surface area contributed by atoms with Crippen LogP contribution >= 0.6 is 11.8 Å². The van der Waals surface area contributed by atoms with E-state index in [1.165, 1.54) is 18.7 Å². The third-order valence-electron chi connectivity index (χ3n) is 2.75. The number of hydrogen-bond donors (Lipinski definition) is 0. The van der Waals surface area contributed by atoms with Crippen LogP contribution in [0.3, 0.4) is 0 Å². The van der Waals surface area contributed by atoms with Gasteiger partial charge in [0.05, 0.1) is 4.91 Å². The molecule has 0 bridgehead atoms. The molecule has 1 amide bonds. The average Bonchev–Trinajstić information content (AvgIpc) is 2.58. The molecule has 0 radical (unpaired) electrons. The summed E-state index contributed by atoms with van der Waals surface area (Å²) in [5, 5.41) is 0. The van der Waals surface area contributed by atoms with Crippen molar-refractivity contribution in [1.29, 1.82) is 0 Å². The number of aliphatic imine (C=N–C) groups is 1. The molecule has 0 fully saturated rings. The molecular formula is C13H14N2O2S. The number of rotatable bonds is 2. The molecule has 2 aliphatic rings. The van der Waals surface area contributed by atoms with Crippen LogP contribution in [0.1, 0.15) is 20.8 Å². The van der Waals surface area contributed by atoms with Gasteiger partial charge in [-0.15, -0.1) is 11.8 Å². The zero-order chi connectivity index (χ0) is 13.4. The minimum Gasteiger partial charge on any atom is -0.295 e. The Morgan fingerprint density at radius 2 is 2.06 bits per heavy atom. The third-order valence-corrected chi connectivity index (χ3v) is 3.64. The van der Waals surface area contributed by atoms with Crippen LogP contribution in [-0.2, 0) is 9.59 Å². The van der Waals surface area contributed by atoms with Gasteiger partial charge < -0.3 is 0 Å². The van der Waals surface area contributed by atoms with Gasteiger partial charge in [0.2, 0.25) is 0 Å². The lowest BCUT2D eigenvalue weighted by atomic mass is 10.1. The van der Waals surface area contributed by atoms with Gasteiger partial charge in [-0.2, -0.15) is 4.99 Å². The van der Waals surface area contributed by atoms with Gasteiger partial charge in [0, 0.05) is 6.20 Å². The Labute approximate surface area is 110 Å². The quantitative estimate of drug-likeness (QED) is 0.716. The molecule has 94 valence electrons. The fraction of sp³-hybridized carbons (Fsp3) is 0.308. The number of amidine groups is 1. The average molecular weight is 262 g/mol. The minimum atomic E-state index is -0.344. The Hall–Kier alpha value is -1.62. The van der Waals surface area contributed by atoms with Gasteiger partial charge in [-0.1, -0.05) is 6.08 Å². The first kappa shape index (κ1) is 12.8. The molecule has 0 atom stereocenters. The van der Waals surface area contributed by atoms with E-state index in [2.05, 4.69) is 4.99 Å². The molecule has 4 nitrogen and oxygen atoms in total. The number of carbonyl (C=O) groups is 2. The number of fused-ring (bicyclic) bond motifs is 1. The molecule has 0 unspecified atom stereocenters. The van der Waals surface area contributed by atoms with Crippen molar-refractivity contribution < 1.29 is 9.59 Å². The van der Waals surface area contributed by atoms with Crippen LogP contribution in [0.25, 0.3) is 0 Å². The van der Waals surface area contributed by atoms with E-state index in [4.69, 9.17) is 0 Å². The molecule has 0 aliphatic carbocycles. The normalized spacial score (nSPS) is 21.2. The number of carbonyl (C=O) groups excluding carboxylic acids is 2. The van der Waals surface area contributed by atoms with Gasteiger partial charge in [0.1, 0.15) is 11.5 Å². The highest BCUT2D eigenvalue weighted by atomic mass is 32.2. The molecular weight excluding hydrogens is 248 g/mol. The molecule has 0 spiro atoms. The molecule has 2 rings (SSSR count). The second-order valence-electron chi connectivity index (χ2n) is 4.25. The van der Waals surface area contributed by atoms with E-state index in [1.54, 1.807) is 11.2 Å². The monoisotopic (exact) mass is 262 g/mol. The van der Waals surface area contributed by atoms with Crippen LogP contribution in [0.4, 0.5) is 0 Å². The van der Waals surface area contributed by atoms with Crippen LogP contribution in [0.2, 0.25) is 0 Å². The van der Waals surface area contributed by atoms with Gasteiger partial charge in [-0.3, -0.25) is 14.5 Å². The summed E-state index contributed by atoms with van der Waals surface area (Å²) in [6.45, 7) is 5.33. The van der Waals surface area contributed by atoms with Gasteiger partial charge in [-0.25, -0.2) is 0 Å². The van der Waals surface area contributed by atoms with Gasteiger partial charge >= 0.3 is 0 Å². The summed E-state index contributed by atoms with van der Waals surface area (Å²) in [4.78, 5) is 29.8. The highest BCUT2D eigenvalue weighted by molar-refractivity contribution is 8.03. The van der Waals surface area contributed by atoms with Crippen molar-refractivity contribution in [3.05, 3.63) is 34.0 Å². The van der Waals surface area contributed by atoms with Crippen molar-refractivity contribution in [3.63, 3.8) is 0 Å². The second kappa shape index (κ2) is 4.57. The largest absolute Gasteiger partial charge is 0.297 e. The summed E-state index contributed by atoms with van der Waals surface area (Å²) in [5.41, 5.74) is 2.34. The highest BCUT2D eigenvalue weighted by Crippen LogP contribution is 2.31. The fourth-order valence-electron chi connectivity index (χ4n) is 2.08. The van der Waals surface area contributed by atoms with Gasteiger partial charge in [0.25, 0.3) is 5.91 Å². The molecule has 18 heavy (non-hydrogen) atoms. The summed E-state index contributed by atoms with van der Waals surface area (Å²) in [6.07, 6.45) is 5.60. The molecule has 5 heteroatoms. The SMILES string of the molecule is CS/C(C(C)=O)=C1\C(=O)N=C2C(C)=CC(C)=CN21. The molecule has 0 saturated heterocycles. The van der Waals surface area contributed by atoms with E-state index >= 15 is 0 Å². The Morgan fingerprint density at radius 3 is 2.61 bits per heavy atom. The van der Waals surface area contributed by atoms with Crippen molar-refractivity contribution in [1.82, 2.24) is 4.90 Å².